The Balaban J connectivity index is 2.27. The number of fused-ring (bicyclic) bond motifs is 1. The van der Waals surface area contributed by atoms with Crippen LogP contribution in [-0.2, 0) is 5.75 Å². The van der Waals surface area contributed by atoms with E-state index in [9.17, 15) is 5.26 Å². The van der Waals surface area contributed by atoms with Gasteiger partial charge in [-0.25, -0.2) is 4.98 Å². The van der Waals surface area contributed by atoms with Gasteiger partial charge >= 0.3 is 0 Å². The van der Waals surface area contributed by atoms with Crippen molar-refractivity contribution in [2.75, 3.05) is 5.73 Å². The zero-order chi connectivity index (χ0) is 11.3. The number of rotatable bonds is 1. The predicted molar refractivity (Wildman–Crippen MR) is 65.0 cm³/mol. The topological polar surface area (TPSA) is 62.7 Å². The number of nitrogens with two attached hydrogens (primary N) is 1. The van der Waals surface area contributed by atoms with Crippen molar-refractivity contribution in [3.8, 4) is 6.07 Å². The number of pyridine rings is 1. The summed E-state index contributed by atoms with van der Waals surface area (Å²) in [4.78, 5) is 4.41. The predicted octanol–water partition coefficient (Wildman–Crippen LogP) is 2.72. The maximum atomic E-state index is 9.20. The van der Waals surface area contributed by atoms with Gasteiger partial charge in [0.1, 0.15) is 11.9 Å². The van der Waals surface area contributed by atoms with E-state index in [1.807, 2.05) is 11.8 Å². The van der Waals surface area contributed by atoms with Gasteiger partial charge in [0.15, 0.2) is 0 Å². The van der Waals surface area contributed by atoms with Crippen molar-refractivity contribution in [3.63, 3.8) is 0 Å². The lowest BCUT2D eigenvalue weighted by Crippen LogP contribution is -2.06. The fourth-order valence-corrected chi connectivity index (χ4v) is 3.47. The van der Waals surface area contributed by atoms with Crippen LogP contribution in [0.5, 0.6) is 0 Å². The number of aromatic nitrogens is 1. The van der Waals surface area contributed by atoms with Crippen LogP contribution in [0.3, 0.4) is 0 Å². The molecule has 3 nitrogen and oxygen atoms in total. The molecule has 0 saturated heterocycles. The van der Waals surface area contributed by atoms with Crippen LogP contribution < -0.4 is 5.73 Å². The van der Waals surface area contributed by atoms with Crippen LogP contribution in [0.25, 0.3) is 0 Å². The summed E-state index contributed by atoms with van der Waals surface area (Å²) >= 11 is 1.89. The van der Waals surface area contributed by atoms with Gasteiger partial charge in [-0.15, -0.1) is 11.8 Å². The SMILES string of the molecule is C[C@@H]1SCc2c1nc(N)c(C#N)c2C1CC1. The number of hydrogen-bond acceptors (Lipinski definition) is 4. The molecule has 82 valence electrons. The summed E-state index contributed by atoms with van der Waals surface area (Å²) in [6.07, 6.45) is 2.40. The van der Waals surface area contributed by atoms with Crippen LogP contribution in [-0.4, -0.2) is 4.98 Å². The van der Waals surface area contributed by atoms with Crippen LogP contribution in [0, 0.1) is 11.3 Å². The number of hydrogen-bond donors (Lipinski definition) is 1. The molecule has 0 amide bonds. The number of nitrogens with zero attached hydrogens (tertiary/aromatic N) is 2. The zero-order valence-corrected chi connectivity index (χ0v) is 9.97. The normalized spacial score (nSPS) is 22.9. The van der Waals surface area contributed by atoms with Crippen molar-refractivity contribution in [1.82, 2.24) is 4.98 Å². The number of nitriles is 1. The summed E-state index contributed by atoms with van der Waals surface area (Å²) in [5, 5.41) is 9.62. The molecule has 0 radical (unpaired) electrons. The first-order valence-electron chi connectivity index (χ1n) is 5.56. The van der Waals surface area contributed by atoms with Gasteiger partial charge < -0.3 is 5.73 Å². The standard InChI is InChI=1S/C12H13N3S/c1-6-11-9(5-16-6)10(7-2-3-7)8(4-13)12(14)15-11/h6-7H,2-3,5H2,1H3,(H2,14,15)/t6-/m0/s1. The highest BCUT2D eigenvalue weighted by Crippen LogP contribution is 2.50. The van der Waals surface area contributed by atoms with E-state index >= 15 is 0 Å². The maximum Gasteiger partial charge on any atom is 0.141 e. The third kappa shape index (κ3) is 1.31. The highest BCUT2D eigenvalue weighted by atomic mass is 32.2. The summed E-state index contributed by atoms with van der Waals surface area (Å²) in [5.74, 6) is 1.99. The molecule has 1 aliphatic heterocycles. The Labute approximate surface area is 99.0 Å². The van der Waals surface area contributed by atoms with Gasteiger partial charge in [0, 0.05) is 11.0 Å². The van der Waals surface area contributed by atoms with Crippen molar-refractivity contribution in [2.45, 2.75) is 36.7 Å². The minimum atomic E-state index is 0.419. The quantitative estimate of drug-likeness (QED) is 0.807. The molecular formula is C12H13N3S. The molecule has 0 aromatic carbocycles. The van der Waals surface area contributed by atoms with Gasteiger partial charge in [-0.2, -0.15) is 5.26 Å². The number of anilines is 1. The van der Waals surface area contributed by atoms with Gasteiger partial charge in [-0.1, -0.05) is 0 Å². The summed E-state index contributed by atoms with van der Waals surface area (Å²) in [6.45, 7) is 2.16. The van der Waals surface area contributed by atoms with Gasteiger partial charge in [0.05, 0.1) is 11.3 Å². The molecule has 2 aliphatic rings. The van der Waals surface area contributed by atoms with Gasteiger partial charge in [-0.3, -0.25) is 0 Å². The van der Waals surface area contributed by atoms with E-state index in [4.69, 9.17) is 5.73 Å². The zero-order valence-electron chi connectivity index (χ0n) is 9.16. The lowest BCUT2D eigenvalue weighted by atomic mass is 9.97. The molecule has 1 aromatic rings. The summed E-state index contributed by atoms with van der Waals surface area (Å²) in [5.41, 5.74) is 10.1. The Hall–Kier alpha value is -1.21. The van der Waals surface area contributed by atoms with E-state index in [1.165, 1.54) is 24.0 Å². The molecule has 0 spiro atoms. The largest absolute Gasteiger partial charge is 0.383 e. The van der Waals surface area contributed by atoms with Crippen molar-refractivity contribution >= 4 is 17.6 Å². The minimum Gasteiger partial charge on any atom is -0.383 e. The van der Waals surface area contributed by atoms with Gasteiger partial charge in [0.2, 0.25) is 0 Å². The first kappa shape index (κ1) is 9.98. The molecule has 2 N–H and O–H groups in total. The molecule has 1 atom stereocenters. The Morgan fingerprint density at radius 3 is 2.88 bits per heavy atom. The first-order valence-corrected chi connectivity index (χ1v) is 6.61. The Bertz CT molecular complexity index is 500. The summed E-state index contributed by atoms with van der Waals surface area (Å²) in [6, 6.07) is 2.23. The Morgan fingerprint density at radius 1 is 1.50 bits per heavy atom. The average Bonchev–Trinajstić information content (AvgIpc) is 3.04. The third-order valence-corrected chi connectivity index (χ3v) is 4.54. The lowest BCUT2D eigenvalue weighted by Gasteiger charge is -2.11. The third-order valence-electron chi connectivity index (χ3n) is 3.36. The maximum absolute atomic E-state index is 9.20. The fourth-order valence-electron chi connectivity index (χ4n) is 2.40. The van der Waals surface area contributed by atoms with E-state index in [0.29, 0.717) is 22.5 Å². The molecule has 3 rings (SSSR count). The van der Waals surface area contributed by atoms with Crippen LogP contribution >= 0.6 is 11.8 Å². The fraction of sp³-hybridized carbons (Fsp3) is 0.500. The number of nitrogen functional groups attached to an aromatic ring is 1. The van der Waals surface area contributed by atoms with Crippen molar-refractivity contribution in [3.05, 3.63) is 22.4 Å². The van der Waals surface area contributed by atoms with E-state index in [-0.39, 0.29) is 0 Å². The molecule has 4 heteroatoms. The summed E-state index contributed by atoms with van der Waals surface area (Å²) < 4.78 is 0. The molecule has 0 unspecified atom stereocenters. The van der Waals surface area contributed by atoms with Crippen molar-refractivity contribution in [1.29, 1.82) is 5.26 Å². The van der Waals surface area contributed by atoms with Crippen molar-refractivity contribution in [2.24, 2.45) is 0 Å². The van der Waals surface area contributed by atoms with E-state index in [0.717, 1.165) is 11.4 Å². The molecule has 1 aliphatic carbocycles. The monoisotopic (exact) mass is 231 g/mol. The Morgan fingerprint density at radius 2 is 2.25 bits per heavy atom. The molecule has 16 heavy (non-hydrogen) atoms. The second kappa shape index (κ2) is 3.39. The van der Waals surface area contributed by atoms with E-state index in [1.54, 1.807) is 0 Å². The van der Waals surface area contributed by atoms with Crippen molar-refractivity contribution < 1.29 is 0 Å². The smallest absolute Gasteiger partial charge is 0.141 e. The summed E-state index contributed by atoms with van der Waals surface area (Å²) in [7, 11) is 0. The highest BCUT2D eigenvalue weighted by Gasteiger charge is 2.35. The average molecular weight is 231 g/mol. The second-order valence-electron chi connectivity index (χ2n) is 4.49. The number of thioether (sulfide) groups is 1. The molecule has 0 bridgehead atoms. The highest BCUT2D eigenvalue weighted by molar-refractivity contribution is 7.99. The molecular weight excluding hydrogens is 218 g/mol. The van der Waals surface area contributed by atoms with Crippen LogP contribution in [0.4, 0.5) is 5.82 Å². The first-order chi connectivity index (χ1) is 7.72. The molecule has 2 heterocycles. The van der Waals surface area contributed by atoms with Crippen LogP contribution in [0.1, 0.15) is 53.3 Å². The molecule has 1 aromatic heterocycles. The lowest BCUT2D eigenvalue weighted by molar-refractivity contribution is 0.975. The molecule has 1 fully saturated rings. The minimum absolute atomic E-state index is 0.419. The van der Waals surface area contributed by atoms with Crippen LogP contribution in [0.2, 0.25) is 0 Å². The molecule has 1 saturated carbocycles. The van der Waals surface area contributed by atoms with E-state index in [2.05, 4.69) is 18.0 Å². The Kier molecular flexibility index (Phi) is 2.11. The van der Waals surface area contributed by atoms with E-state index < -0.39 is 0 Å². The second-order valence-corrected chi connectivity index (χ2v) is 5.82. The van der Waals surface area contributed by atoms with Gasteiger partial charge in [-0.05, 0) is 36.8 Å². The van der Waals surface area contributed by atoms with Crippen LogP contribution in [0.15, 0.2) is 0 Å². The van der Waals surface area contributed by atoms with Gasteiger partial charge in [0.25, 0.3) is 0 Å².